The summed E-state index contributed by atoms with van der Waals surface area (Å²) in [5, 5.41) is 10.7. The van der Waals surface area contributed by atoms with E-state index in [1.807, 2.05) is 6.92 Å². The van der Waals surface area contributed by atoms with Crippen LogP contribution in [0.4, 0.5) is 5.95 Å². The lowest BCUT2D eigenvalue weighted by atomic mass is 10.5. The molecule has 2 rings (SSSR count). The van der Waals surface area contributed by atoms with Gasteiger partial charge in [0.2, 0.25) is 5.82 Å². The van der Waals surface area contributed by atoms with E-state index < -0.39 is 0 Å². The first-order chi connectivity index (χ1) is 7.81. The van der Waals surface area contributed by atoms with Crippen LogP contribution in [-0.2, 0) is 6.42 Å². The molecule has 2 aromatic heterocycles. The Bertz CT molecular complexity index is 478. The lowest BCUT2D eigenvalue weighted by molar-refractivity contribution is -0.632. The number of hydrazone groups is 1. The van der Waals surface area contributed by atoms with Crippen LogP contribution in [0.3, 0.4) is 0 Å². The van der Waals surface area contributed by atoms with E-state index in [-0.39, 0.29) is 12.4 Å². The number of anilines is 1. The maximum atomic E-state index is 5.74. The van der Waals surface area contributed by atoms with Gasteiger partial charge in [-0.05, 0) is 12.1 Å². The molecule has 0 spiro atoms. The summed E-state index contributed by atoms with van der Waals surface area (Å²) in [6, 6.07) is 3.58. The molecule has 0 fully saturated rings. The molecule has 0 bridgehead atoms. The molecule has 0 radical (unpaired) electrons. The number of rotatable bonds is 4. The van der Waals surface area contributed by atoms with Crippen LogP contribution in [0.1, 0.15) is 18.5 Å². The first-order valence-electron chi connectivity index (χ1n) is 4.88. The summed E-state index contributed by atoms with van der Waals surface area (Å²) in [7, 11) is 0. The number of hydrogen-bond acceptors (Lipinski definition) is 5. The third kappa shape index (κ3) is 2.97. The van der Waals surface area contributed by atoms with Gasteiger partial charge in [0, 0.05) is 11.5 Å². The summed E-state index contributed by atoms with van der Waals surface area (Å²) in [5.41, 5.74) is 2.71. The van der Waals surface area contributed by atoms with Gasteiger partial charge in [-0.2, -0.15) is 10.5 Å². The molecule has 0 aliphatic heterocycles. The van der Waals surface area contributed by atoms with Crippen LogP contribution in [0.15, 0.2) is 27.9 Å². The van der Waals surface area contributed by atoms with E-state index in [1.165, 1.54) is 4.68 Å². The number of nitrogens with two attached hydrogens (primary N) is 1. The van der Waals surface area contributed by atoms with Gasteiger partial charge in [0.1, 0.15) is 12.0 Å². The fourth-order valence-corrected chi connectivity index (χ4v) is 1.20. The highest BCUT2D eigenvalue weighted by Crippen LogP contribution is 1.97. The van der Waals surface area contributed by atoms with Crippen LogP contribution in [0.5, 0.6) is 0 Å². The number of nitrogens with one attached hydrogen (secondary N) is 2. The largest absolute Gasteiger partial charge is 1.00 e. The summed E-state index contributed by atoms with van der Waals surface area (Å²) in [4.78, 5) is 0. The van der Waals surface area contributed by atoms with Crippen LogP contribution in [-0.4, -0.2) is 16.4 Å². The van der Waals surface area contributed by atoms with Gasteiger partial charge in [0.15, 0.2) is 0 Å². The summed E-state index contributed by atoms with van der Waals surface area (Å²) in [6.07, 6.45) is 3.89. The van der Waals surface area contributed by atoms with Crippen LogP contribution >= 0.6 is 0 Å². The Labute approximate surface area is 104 Å². The minimum atomic E-state index is 0. The number of aromatic amines is 1. The van der Waals surface area contributed by atoms with Crippen molar-refractivity contribution in [1.29, 1.82) is 0 Å². The molecule has 0 saturated heterocycles. The first kappa shape index (κ1) is 13.0. The molecule has 8 heteroatoms. The number of aryl methyl sites for hydroxylation is 1. The molecule has 0 unspecified atom stereocenters. The second-order valence-corrected chi connectivity index (χ2v) is 3.10. The summed E-state index contributed by atoms with van der Waals surface area (Å²) in [6.45, 7) is 1.98. The second kappa shape index (κ2) is 5.90. The number of furan rings is 1. The SMILES string of the molecule is CCc1[nH]nc(N/N=C/c2ccco2)[n+]1N.[Cl-]. The topological polar surface area (TPSA) is 96.1 Å². The quantitative estimate of drug-likeness (QED) is 0.235. The molecule has 2 heterocycles. The molecular formula is C9H13ClN6O. The Kier molecular flexibility index (Phi) is 4.53. The monoisotopic (exact) mass is 256 g/mol. The Balaban J connectivity index is 0.00000144. The van der Waals surface area contributed by atoms with Gasteiger partial charge in [-0.3, -0.25) is 5.84 Å². The smallest absolute Gasteiger partial charge is 0.421 e. The van der Waals surface area contributed by atoms with Crippen LogP contribution in [0, 0.1) is 0 Å². The number of nitrogens with zero attached hydrogens (tertiary/aromatic N) is 3. The number of hydrogen-bond donors (Lipinski definition) is 3. The Morgan fingerprint density at radius 1 is 1.71 bits per heavy atom. The van der Waals surface area contributed by atoms with E-state index in [4.69, 9.17) is 10.3 Å². The molecule has 4 N–H and O–H groups in total. The molecule has 0 aliphatic rings. The van der Waals surface area contributed by atoms with Gasteiger partial charge >= 0.3 is 5.95 Å². The van der Waals surface area contributed by atoms with Crippen LogP contribution < -0.4 is 28.4 Å². The van der Waals surface area contributed by atoms with Crippen molar-refractivity contribution < 1.29 is 21.5 Å². The molecule has 92 valence electrons. The van der Waals surface area contributed by atoms with Crippen molar-refractivity contribution in [3.05, 3.63) is 30.0 Å². The molecule has 0 aliphatic carbocycles. The first-order valence-corrected chi connectivity index (χ1v) is 4.88. The van der Waals surface area contributed by atoms with E-state index >= 15 is 0 Å². The van der Waals surface area contributed by atoms with Gasteiger partial charge in [-0.25, -0.2) is 0 Å². The highest BCUT2D eigenvalue weighted by Gasteiger charge is 2.13. The predicted molar refractivity (Wildman–Crippen MR) is 58.2 cm³/mol. The standard InChI is InChI=1S/C9H12N6O.ClH/c1-2-8-12-14-9(15(8)10)13-11-6-7-4-3-5-16-7;/h3-6H,2,10H2,1H3,(H,13,14);1H/b11-6+;. The van der Waals surface area contributed by atoms with E-state index in [2.05, 4.69) is 20.7 Å². The lowest BCUT2D eigenvalue weighted by Gasteiger charge is -1.92. The van der Waals surface area contributed by atoms with Crippen LogP contribution in [0.25, 0.3) is 0 Å². The predicted octanol–water partition coefficient (Wildman–Crippen LogP) is -2.98. The normalized spacial score (nSPS) is 10.4. The molecular weight excluding hydrogens is 244 g/mol. The van der Waals surface area contributed by atoms with Crippen molar-refractivity contribution >= 4 is 12.2 Å². The highest BCUT2D eigenvalue weighted by atomic mass is 35.5. The van der Waals surface area contributed by atoms with Crippen LogP contribution in [0.2, 0.25) is 0 Å². The second-order valence-electron chi connectivity index (χ2n) is 3.10. The van der Waals surface area contributed by atoms with E-state index in [9.17, 15) is 0 Å². The minimum absolute atomic E-state index is 0. The van der Waals surface area contributed by atoms with E-state index in [0.29, 0.717) is 11.7 Å². The molecule has 2 aromatic rings. The fourth-order valence-electron chi connectivity index (χ4n) is 1.20. The van der Waals surface area contributed by atoms with Crippen molar-refractivity contribution in [2.24, 2.45) is 5.10 Å². The number of nitrogen functional groups attached to an aromatic ring is 1. The third-order valence-electron chi connectivity index (χ3n) is 2.04. The maximum Gasteiger partial charge on any atom is 0.421 e. The molecule has 17 heavy (non-hydrogen) atoms. The zero-order chi connectivity index (χ0) is 11.4. The fraction of sp³-hybridized carbons (Fsp3) is 0.222. The van der Waals surface area contributed by atoms with Gasteiger partial charge in [0.25, 0.3) is 0 Å². The maximum absolute atomic E-state index is 5.74. The number of aromatic nitrogens is 3. The zero-order valence-electron chi connectivity index (χ0n) is 9.22. The molecule has 0 aromatic carbocycles. The number of halogens is 1. The molecule has 0 saturated carbocycles. The van der Waals surface area contributed by atoms with E-state index in [1.54, 1.807) is 24.6 Å². The summed E-state index contributed by atoms with van der Waals surface area (Å²) >= 11 is 0. The van der Waals surface area contributed by atoms with Gasteiger partial charge in [0.05, 0.1) is 6.26 Å². The van der Waals surface area contributed by atoms with Gasteiger partial charge < -0.3 is 16.8 Å². The lowest BCUT2D eigenvalue weighted by Crippen LogP contribution is -3.00. The number of H-pyrrole nitrogens is 1. The third-order valence-corrected chi connectivity index (χ3v) is 2.04. The molecule has 0 atom stereocenters. The Morgan fingerprint density at radius 3 is 3.12 bits per heavy atom. The van der Waals surface area contributed by atoms with Crippen molar-refractivity contribution in [2.75, 3.05) is 11.3 Å². The van der Waals surface area contributed by atoms with E-state index in [0.717, 1.165) is 12.2 Å². The van der Waals surface area contributed by atoms with Crippen molar-refractivity contribution in [3.8, 4) is 0 Å². The zero-order valence-corrected chi connectivity index (χ0v) is 9.98. The summed E-state index contributed by atoms with van der Waals surface area (Å²) < 4.78 is 6.49. The Morgan fingerprint density at radius 2 is 2.53 bits per heavy atom. The summed E-state index contributed by atoms with van der Waals surface area (Å²) in [5.74, 6) is 7.65. The molecule has 7 nitrogen and oxygen atoms in total. The van der Waals surface area contributed by atoms with Crippen molar-refractivity contribution in [2.45, 2.75) is 13.3 Å². The van der Waals surface area contributed by atoms with Crippen molar-refractivity contribution in [3.63, 3.8) is 0 Å². The minimum Gasteiger partial charge on any atom is -1.00 e. The van der Waals surface area contributed by atoms with Gasteiger partial charge in [-0.1, -0.05) is 6.92 Å². The highest BCUT2D eigenvalue weighted by molar-refractivity contribution is 5.76. The van der Waals surface area contributed by atoms with Crippen molar-refractivity contribution in [1.82, 2.24) is 10.2 Å². The average molecular weight is 257 g/mol. The molecule has 0 amide bonds. The average Bonchev–Trinajstić information content (AvgIpc) is 2.90. The van der Waals surface area contributed by atoms with Gasteiger partial charge in [-0.15, -0.1) is 9.78 Å². The Hall–Kier alpha value is -2.02.